The van der Waals surface area contributed by atoms with Gasteiger partial charge in [0.2, 0.25) is 0 Å². The molecule has 1 aromatic rings. The van der Waals surface area contributed by atoms with Crippen LogP contribution in [0.5, 0.6) is 5.75 Å². The summed E-state index contributed by atoms with van der Waals surface area (Å²) in [5.74, 6) is 1.77. The monoisotopic (exact) mass is 248 g/mol. The van der Waals surface area contributed by atoms with Crippen molar-refractivity contribution in [3.8, 4) is 5.75 Å². The molecule has 0 saturated carbocycles. The van der Waals surface area contributed by atoms with Gasteiger partial charge < -0.3 is 10.5 Å². The molecule has 18 heavy (non-hydrogen) atoms. The van der Waals surface area contributed by atoms with E-state index in [9.17, 15) is 0 Å². The highest BCUT2D eigenvalue weighted by molar-refractivity contribution is 5.48. The minimum atomic E-state index is 0.764. The topological polar surface area (TPSA) is 38.5 Å². The highest BCUT2D eigenvalue weighted by atomic mass is 16.5. The molecule has 1 saturated heterocycles. The van der Waals surface area contributed by atoms with Crippen molar-refractivity contribution < 1.29 is 4.74 Å². The Morgan fingerprint density at radius 2 is 2.17 bits per heavy atom. The molecule has 3 heteroatoms. The van der Waals surface area contributed by atoms with Crippen LogP contribution >= 0.6 is 0 Å². The Hall–Kier alpha value is -1.22. The quantitative estimate of drug-likeness (QED) is 0.836. The van der Waals surface area contributed by atoms with E-state index < -0.39 is 0 Å². The molecule has 1 aliphatic heterocycles. The second kappa shape index (κ2) is 6.10. The Bertz CT molecular complexity index is 392. The molecule has 0 bridgehead atoms. The van der Waals surface area contributed by atoms with Crippen LogP contribution in [-0.4, -0.2) is 25.1 Å². The van der Waals surface area contributed by atoms with Gasteiger partial charge in [-0.05, 0) is 44.3 Å². The van der Waals surface area contributed by atoms with E-state index in [4.69, 9.17) is 10.5 Å². The van der Waals surface area contributed by atoms with Crippen molar-refractivity contribution in [3.63, 3.8) is 0 Å². The third-order valence-electron chi connectivity index (χ3n) is 3.81. The van der Waals surface area contributed by atoms with E-state index in [1.165, 1.54) is 37.9 Å². The van der Waals surface area contributed by atoms with Gasteiger partial charge in [-0.25, -0.2) is 0 Å². The van der Waals surface area contributed by atoms with Crippen LogP contribution in [0.25, 0.3) is 0 Å². The van der Waals surface area contributed by atoms with Crippen LogP contribution in [0.4, 0.5) is 5.69 Å². The van der Waals surface area contributed by atoms with E-state index in [1.54, 1.807) is 7.11 Å². The number of nitrogen functional groups attached to an aromatic ring is 1. The average molecular weight is 248 g/mol. The van der Waals surface area contributed by atoms with E-state index in [0.717, 1.165) is 23.9 Å². The Labute approximate surface area is 110 Å². The fourth-order valence-electron chi connectivity index (χ4n) is 2.61. The zero-order chi connectivity index (χ0) is 13.0. The Morgan fingerprint density at radius 1 is 1.33 bits per heavy atom. The molecule has 1 unspecified atom stereocenters. The molecule has 1 aromatic carbocycles. The van der Waals surface area contributed by atoms with Crippen molar-refractivity contribution in [3.05, 3.63) is 23.8 Å². The van der Waals surface area contributed by atoms with Gasteiger partial charge in [-0.3, -0.25) is 4.90 Å². The molecule has 1 atom stereocenters. The fourth-order valence-corrected chi connectivity index (χ4v) is 2.61. The number of hydrogen-bond donors (Lipinski definition) is 1. The lowest BCUT2D eigenvalue weighted by Crippen LogP contribution is -2.24. The molecular weight excluding hydrogens is 224 g/mol. The fraction of sp³-hybridized carbons (Fsp3) is 0.600. The maximum atomic E-state index is 5.79. The number of methoxy groups -OCH3 is 1. The summed E-state index contributed by atoms with van der Waals surface area (Å²) in [5.41, 5.74) is 7.79. The zero-order valence-electron chi connectivity index (χ0n) is 11.5. The summed E-state index contributed by atoms with van der Waals surface area (Å²) in [6.07, 6.45) is 3.96. The van der Waals surface area contributed by atoms with Crippen molar-refractivity contribution >= 4 is 5.69 Å². The summed E-state index contributed by atoms with van der Waals surface area (Å²) < 4.78 is 5.41. The second-order valence-electron chi connectivity index (χ2n) is 5.38. The number of nitrogens with two attached hydrogens (primary N) is 1. The molecule has 1 fully saturated rings. The van der Waals surface area contributed by atoms with E-state index in [1.807, 2.05) is 12.1 Å². The number of anilines is 1. The van der Waals surface area contributed by atoms with Crippen LogP contribution in [0.2, 0.25) is 0 Å². The Balaban J connectivity index is 2.04. The van der Waals surface area contributed by atoms with Gasteiger partial charge in [0.05, 0.1) is 7.11 Å². The van der Waals surface area contributed by atoms with E-state index in [2.05, 4.69) is 17.9 Å². The second-order valence-corrected chi connectivity index (χ2v) is 5.38. The van der Waals surface area contributed by atoms with Gasteiger partial charge in [-0.1, -0.05) is 13.0 Å². The van der Waals surface area contributed by atoms with Gasteiger partial charge in [-0.15, -0.1) is 0 Å². The first kappa shape index (κ1) is 13.2. The number of rotatable bonds is 3. The normalized spacial score (nSPS) is 21.6. The lowest BCUT2D eigenvalue weighted by Gasteiger charge is -2.21. The number of hydrogen-bond acceptors (Lipinski definition) is 3. The first-order valence-corrected chi connectivity index (χ1v) is 6.84. The molecule has 0 aromatic heterocycles. The van der Waals surface area contributed by atoms with Gasteiger partial charge >= 0.3 is 0 Å². The van der Waals surface area contributed by atoms with Crippen molar-refractivity contribution in [1.82, 2.24) is 4.90 Å². The lowest BCUT2D eigenvalue weighted by atomic mass is 10.0. The summed E-state index contributed by atoms with van der Waals surface area (Å²) in [4.78, 5) is 2.53. The molecule has 2 N–H and O–H groups in total. The summed E-state index contributed by atoms with van der Waals surface area (Å²) in [6.45, 7) is 5.70. The van der Waals surface area contributed by atoms with Gasteiger partial charge in [-0.2, -0.15) is 0 Å². The molecule has 1 heterocycles. The number of nitrogens with zero attached hydrogens (tertiary/aromatic N) is 1. The van der Waals surface area contributed by atoms with Gasteiger partial charge in [0.1, 0.15) is 5.75 Å². The van der Waals surface area contributed by atoms with Crippen molar-refractivity contribution in [2.24, 2.45) is 5.92 Å². The molecule has 0 amide bonds. The largest absolute Gasteiger partial charge is 0.496 e. The molecule has 1 aliphatic rings. The highest BCUT2D eigenvalue weighted by Crippen LogP contribution is 2.25. The van der Waals surface area contributed by atoms with E-state index >= 15 is 0 Å². The third kappa shape index (κ3) is 3.39. The molecule has 3 nitrogen and oxygen atoms in total. The van der Waals surface area contributed by atoms with Crippen molar-refractivity contribution in [2.75, 3.05) is 25.9 Å². The first-order valence-electron chi connectivity index (χ1n) is 6.84. The molecule has 0 spiro atoms. The number of likely N-dealkylation sites (tertiary alicyclic amines) is 1. The zero-order valence-corrected chi connectivity index (χ0v) is 11.5. The van der Waals surface area contributed by atoms with E-state index in [-0.39, 0.29) is 0 Å². The smallest absolute Gasteiger partial charge is 0.125 e. The highest BCUT2D eigenvalue weighted by Gasteiger charge is 2.15. The van der Waals surface area contributed by atoms with Crippen LogP contribution < -0.4 is 10.5 Å². The van der Waals surface area contributed by atoms with Gasteiger partial charge in [0.25, 0.3) is 0 Å². The maximum Gasteiger partial charge on any atom is 0.125 e. The molecule has 0 aliphatic carbocycles. The van der Waals surface area contributed by atoms with Crippen LogP contribution in [0, 0.1) is 5.92 Å². The SMILES string of the molecule is COc1cc(N)ccc1CN1CCCC(C)CC1. The standard InChI is InChI=1S/C15H24N2O/c1-12-4-3-8-17(9-7-12)11-13-5-6-14(16)10-15(13)18-2/h5-6,10,12H,3-4,7-9,11,16H2,1-2H3. The maximum absolute atomic E-state index is 5.79. The minimum Gasteiger partial charge on any atom is -0.496 e. The molecule has 2 rings (SSSR count). The summed E-state index contributed by atoms with van der Waals surface area (Å²) in [6, 6.07) is 5.95. The summed E-state index contributed by atoms with van der Waals surface area (Å²) >= 11 is 0. The summed E-state index contributed by atoms with van der Waals surface area (Å²) in [7, 11) is 1.71. The molecule has 100 valence electrons. The van der Waals surface area contributed by atoms with Crippen LogP contribution in [0.3, 0.4) is 0 Å². The number of benzene rings is 1. The van der Waals surface area contributed by atoms with Gasteiger partial charge in [0, 0.05) is 23.9 Å². The third-order valence-corrected chi connectivity index (χ3v) is 3.81. The predicted octanol–water partition coefficient (Wildman–Crippen LogP) is 2.90. The van der Waals surface area contributed by atoms with Crippen molar-refractivity contribution in [2.45, 2.75) is 32.7 Å². The predicted molar refractivity (Wildman–Crippen MR) is 75.7 cm³/mol. The number of ether oxygens (including phenoxy) is 1. The van der Waals surface area contributed by atoms with E-state index in [0.29, 0.717) is 0 Å². The molecular formula is C15H24N2O. The first-order chi connectivity index (χ1) is 8.69. The lowest BCUT2D eigenvalue weighted by molar-refractivity contribution is 0.268. The Morgan fingerprint density at radius 3 is 2.94 bits per heavy atom. The van der Waals surface area contributed by atoms with Gasteiger partial charge in [0.15, 0.2) is 0 Å². The average Bonchev–Trinajstić information content (AvgIpc) is 2.56. The minimum absolute atomic E-state index is 0.764. The van der Waals surface area contributed by atoms with Crippen LogP contribution in [0.1, 0.15) is 31.7 Å². The summed E-state index contributed by atoms with van der Waals surface area (Å²) in [5, 5.41) is 0. The van der Waals surface area contributed by atoms with Crippen molar-refractivity contribution in [1.29, 1.82) is 0 Å². The molecule has 0 radical (unpaired) electrons. The van der Waals surface area contributed by atoms with Crippen LogP contribution in [-0.2, 0) is 6.54 Å². The Kier molecular flexibility index (Phi) is 4.48. The van der Waals surface area contributed by atoms with Crippen LogP contribution in [0.15, 0.2) is 18.2 Å².